The van der Waals surface area contributed by atoms with Crippen molar-refractivity contribution in [3.05, 3.63) is 107 Å². The zero-order valence-corrected chi connectivity index (χ0v) is 23.1. The van der Waals surface area contributed by atoms with Crippen LogP contribution in [0.4, 0.5) is 11.4 Å². The van der Waals surface area contributed by atoms with Crippen molar-refractivity contribution in [3.63, 3.8) is 0 Å². The van der Waals surface area contributed by atoms with Crippen LogP contribution in [0.25, 0.3) is 22.3 Å². The molecule has 4 aliphatic rings. The van der Waals surface area contributed by atoms with Crippen LogP contribution in [-0.2, 0) is 10.8 Å². The van der Waals surface area contributed by atoms with Crippen LogP contribution in [0, 0.1) is 11.8 Å². The first kappa shape index (κ1) is 22.6. The maximum atomic E-state index is 3.88. The summed E-state index contributed by atoms with van der Waals surface area (Å²) in [5.41, 5.74) is 15.3. The molecule has 190 valence electrons. The maximum Gasteiger partial charge on any atom is 0.0431 e. The predicted molar refractivity (Wildman–Crippen MR) is 159 cm³/mol. The number of nitrogens with one attached hydrogen (secondary N) is 1. The molecule has 0 radical (unpaired) electrons. The molecule has 0 amide bonds. The van der Waals surface area contributed by atoms with E-state index in [0.717, 1.165) is 17.8 Å². The molecule has 0 aliphatic heterocycles. The highest BCUT2D eigenvalue weighted by atomic mass is 14.9. The minimum absolute atomic E-state index is 0.00778. The van der Waals surface area contributed by atoms with Crippen LogP contribution in [0.5, 0.6) is 0 Å². The smallest absolute Gasteiger partial charge is 0.0431 e. The fourth-order valence-electron chi connectivity index (χ4n) is 8.84. The topological polar surface area (TPSA) is 12.0 Å². The molecule has 1 heteroatoms. The second-order valence-corrected chi connectivity index (χ2v) is 13.5. The van der Waals surface area contributed by atoms with Gasteiger partial charge in [-0.05, 0) is 105 Å². The maximum absolute atomic E-state index is 3.88. The van der Waals surface area contributed by atoms with Crippen LogP contribution in [0.1, 0.15) is 87.1 Å². The molecule has 1 nitrogen and oxygen atoms in total. The normalized spacial score (nSPS) is 24.6. The average Bonchev–Trinajstić information content (AvgIpc) is 3.66. The van der Waals surface area contributed by atoms with Gasteiger partial charge in [0.2, 0.25) is 0 Å². The largest absolute Gasteiger partial charge is 0.355 e. The number of hydrogen-bond donors (Lipinski definition) is 1. The highest BCUT2D eigenvalue weighted by Crippen LogP contribution is 2.56. The Morgan fingerprint density at radius 1 is 0.632 bits per heavy atom. The van der Waals surface area contributed by atoms with E-state index in [1.807, 2.05) is 0 Å². The van der Waals surface area contributed by atoms with Gasteiger partial charge in [-0.15, -0.1) is 0 Å². The zero-order valence-electron chi connectivity index (χ0n) is 23.1. The summed E-state index contributed by atoms with van der Waals surface area (Å²) in [7, 11) is 0. The highest BCUT2D eigenvalue weighted by Gasteiger charge is 2.42. The Hall–Kier alpha value is -3.32. The van der Waals surface area contributed by atoms with Gasteiger partial charge in [0.25, 0.3) is 0 Å². The first-order chi connectivity index (χ1) is 18.3. The lowest BCUT2D eigenvalue weighted by Crippen LogP contribution is -2.17. The molecule has 0 saturated heterocycles. The van der Waals surface area contributed by atoms with Crippen LogP contribution < -0.4 is 5.32 Å². The monoisotopic (exact) mass is 495 g/mol. The molecule has 2 bridgehead atoms. The molecule has 3 unspecified atom stereocenters. The summed E-state index contributed by atoms with van der Waals surface area (Å²) in [6.07, 6.45) is 5.76. The lowest BCUT2D eigenvalue weighted by molar-refractivity contribution is 0.420. The summed E-state index contributed by atoms with van der Waals surface area (Å²) < 4.78 is 0. The van der Waals surface area contributed by atoms with Crippen LogP contribution in [0.15, 0.2) is 78.9 Å². The fraction of sp³-hybridized carbons (Fsp3) is 0.351. The Bertz CT molecular complexity index is 1620. The third-order valence-electron chi connectivity index (χ3n) is 10.7. The quantitative estimate of drug-likeness (QED) is 0.298. The molecule has 2 saturated carbocycles. The van der Waals surface area contributed by atoms with Crippen molar-refractivity contribution in [1.82, 2.24) is 0 Å². The van der Waals surface area contributed by atoms with Crippen LogP contribution >= 0.6 is 0 Å². The highest BCUT2D eigenvalue weighted by molar-refractivity contribution is 5.88. The van der Waals surface area contributed by atoms with E-state index in [2.05, 4.69) is 112 Å². The molecule has 4 aromatic rings. The van der Waals surface area contributed by atoms with Crippen molar-refractivity contribution in [2.45, 2.75) is 70.1 Å². The van der Waals surface area contributed by atoms with Crippen molar-refractivity contribution < 1.29 is 0 Å². The van der Waals surface area contributed by atoms with Gasteiger partial charge in [-0.25, -0.2) is 0 Å². The molecular formula is C37H37N. The van der Waals surface area contributed by atoms with Gasteiger partial charge in [0.1, 0.15) is 0 Å². The van der Waals surface area contributed by atoms with Gasteiger partial charge in [0.15, 0.2) is 0 Å². The Labute approximate surface area is 227 Å². The Morgan fingerprint density at radius 3 is 2.24 bits per heavy atom. The van der Waals surface area contributed by atoms with Crippen LogP contribution in [-0.4, -0.2) is 0 Å². The molecule has 0 spiro atoms. The van der Waals surface area contributed by atoms with E-state index in [9.17, 15) is 0 Å². The summed E-state index contributed by atoms with van der Waals surface area (Å²) in [6.45, 7) is 9.52. The van der Waals surface area contributed by atoms with E-state index in [-0.39, 0.29) is 10.8 Å². The lowest BCUT2D eigenvalue weighted by atomic mass is 9.79. The van der Waals surface area contributed by atoms with Gasteiger partial charge in [0, 0.05) is 22.2 Å². The van der Waals surface area contributed by atoms with E-state index in [4.69, 9.17) is 0 Å². The Kier molecular flexibility index (Phi) is 4.54. The van der Waals surface area contributed by atoms with Crippen LogP contribution in [0.3, 0.4) is 0 Å². The Balaban J connectivity index is 1.18. The van der Waals surface area contributed by atoms with Gasteiger partial charge in [-0.3, -0.25) is 0 Å². The molecule has 3 atom stereocenters. The summed E-state index contributed by atoms with van der Waals surface area (Å²) in [5.74, 6) is 2.66. The second kappa shape index (κ2) is 7.63. The Morgan fingerprint density at radius 2 is 1.42 bits per heavy atom. The summed E-state index contributed by atoms with van der Waals surface area (Å²) >= 11 is 0. The fourth-order valence-corrected chi connectivity index (χ4v) is 8.84. The molecule has 0 aromatic heterocycles. The molecule has 4 aliphatic carbocycles. The number of benzene rings is 4. The van der Waals surface area contributed by atoms with Gasteiger partial charge in [-0.2, -0.15) is 0 Å². The molecule has 0 heterocycles. The van der Waals surface area contributed by atoms with E-state index in [1.165, 1.54) is 81.6 Å². The van der Waals surface area contributed by atoms with E-state index >= 15 is 0 Å². The van der Waals surface area contributed by atoms with E-state index in [0.29, 0.717) is 0 Å². The molecular weight excluding hydrogens is 458 g/mol. The number of rotatable bonds is 3. The third-order valence-corrected chi connectivity index (χ3v) is 10.7. The predicted octanol–water partition coefficient (Wildman–Crippen LogP) is 9.95. The minimum Gasteiger partial charge on any atom is -0.355 e. The van der Waals surface area contributed by atoms with Crippen molar-refractivity contribution in [2.75, 3.05) is 5.32 Å². The van der Waals surface area contributed by atoms with Gasteiger partial charge in [0.05, 0.1) is 0 Å². The van der Waals surface area contributed by atoms with E-state index in [1.54, 1.807) is 5.56 Å². The summed E-state index contributed by atoms with van der Waals surface area (Å²) in [5, 5.41) is 3.88. The van der Waals surface area contributed by atoms with Crippen molar-refractivity contribution in [1.29, 1.82) is 0 Å². The number of fused-ring (bicyclic) bond motifs is 8. The molecule has 38 heavy (non-hydrogen) atoms. The zero-order chi connectivity index (χ0) is 25.8. The SMILES string of the molecule is CC1(C)c2ccccc2-c2ccc(Nc3cccc4c3C(C)(C)c3ccc(C5CC6CCC5C6)cc3-4)cc21. The summed E-state index contributed by atoms with van der Waals surface area (Å²) in [6, 6.07) is 30.2. The first-order valence-electron chi connectivity index (χ1n) is 14.6. The average molecular weight is 496 g/mol. The molecule has 2 fully saturated rings. The van der Waals surface area contributed by atoms with Gasteiger partial charge < -0.3 is 5.32 Å². The molecule has 4 aromatic carbocycles. The van der Waals surface area contributed by atoms with Crippen molar-refractivity contribution >= 4 is 11.4 Å². The molecule has 8 rings (SSSR count). The van der Waals surface area contributed by atoms with Crippen molar-refractivity contribution in [3.8, 4) is 22.3 Å². The van der Waals surface area contributed by atoms with Crippen molar-refractivity contribution in [2.24, 2.45) is 11.8 Å². The van der Waals surface area contributed by atoms with Gasteiger partial charge in [-0.1, -0.05) is 94.8 Å². The first-order valence-corrected chi connectivity index (χ1v) is 14.6. The number of anilines is 2. The van der Waals surface area contributed by atoms with E-state index < -0.39 is 0 Å². The standard InChI is InChI=1S/C37H37N/c1-36(2)31-10-6-5-8-26(31)27-16-15-25(21-33(27)36)38-34-11-7-9-28-30-20-24(29-19-22-12-13-23(29)18-22)14-17-32(30)37(3,4)35(28)34/h5-11,14-17,20-23,29,38H,12-13,18-19H2,1-4H3. The van der Waals surface area contributed by atoms with Gasteiger partial charge >= 0.3 is 0 Å². The van der Waals surface area contributed by atoms with Crippen LogP contribution in [0.2, 0.25) is 0 Å². The summed E-state index contributed by atoms with van der Waals surface area (Å²) in [4.78, 5) is 0. The lowest BCUT2D eigenvalue weighted by Gasteiger charge is -2.26. The number of hydrogen-bond acceptors (Lipinski definition) is 1. The third kappa shape index (κ3) is 2.99. The second-order valence-electron chi connectivity index (χ2n) is 13.5. The molecule has 1 N–H and O–H groups in total. The minimum atomic E-state index is -0.0340.